The Morgan fingerprint density at radius 3 is 1.81 bits per heavy atom. The standard InChI is InChI=1S/C13H12ClNO.C10H15NO2.C5H3ClIN/c1-8-5-10(6-9(8)2)13(16)11-7-15-4-3-12(11)14;1-7-5-9(6-8(7)2)10(12)11(3)13-4;6-4-1-2-8-3-5(4)7/h3-5,7H,6H2,1-2H3;5H,6H2,1-4H3;1-3H. The molecule has 2 aromatic rings. The van der Waals surface area contributed by atoms with Gasteiger partial charge in [0, 0.05) is 46.6 Å². The van der Waals surface area contributed by atoms with Crippen LogP contribution in [0.5, 0.6) is 0 Å². The van der Waals surface area contributed by atoms with E-state index >= 15 is 0 Å². The third-order valence-corrected chi connectivity index (χ3v) is 7.74. The van der Waals surface area contributed by atoms with E-state index in [0.717, 1.165) is 32.6 Å². The first-order valence-corrected chi connectivity index (χ1v) is 13.2. The van der Waals surface area contributed by atoms with Crippen LogP contribution in [0.15, 0.2) is 82.5 Å². The van der Waals surface area contributed by atoms with Crippen LogP contribution in [0.2, 0.25) is 10.0 Å². The zero-order chi connectivity index (χ0) is 27.7. The van der Waals surface area contributed by atoms with Gasteiger partial charge >= 0.3 is 0 Å². The molecule has 6 nitrogen and oxygen atoms in total. The maximum atomic E-state index is 12.1. The predicted molar refractivity (Wildman–Crippen MR) is 157 cm³/mol. The number of amides is 1. The number of halogens is 3. The molecule has 0 saturated heterocycles. The van der Waals surface area contributed by atoms with Gasteiger partial charge in [-0.1, -0.05) is 57.6 Å². The van der Waals surface area contributed by atoms with Crippen molar-refractivity contribution in [1.29, 1.82) is 0 Å². The van der Waals surface area contributed by atoms with Crippen molar-refractivity contribution < 1.29 is 14.4 Å². The summed E-state index contributed by atoms with van der Waals surface area (Å²) in [6.45, 7) is 8.11. The van der Waals surface area contributed by atoms with Gasteiger partial charge in [0.1, 0.15) is 0 Å². The van der Waals surface area contributed by atoms with Gasteiger partial charge in [0.25, 0.3) is 5.91 Å². The molecular formula is C28H30Cl2IN3O3. The number of nitrogens with zero attached hydrogens (tertiary/aromatic N) is 3. The molecule has 0 radical (unpaired) electrons. The number of aromatic nitrogens is 2. The highest BCUT2D eigenvalue weighted by atomic mass is 127. The van der Waals surface area contributed by atoms with Crippen LogP contribution in [0.4, 0.5) is 0 Å². The van der Waals surface area contributed by atoms with E-state index in [0.29, 0.717) is 10.6 Å². The largest absolute Gasteiger partial charge is 0.289 e. The summed E-state index contributed by atoms with van der Waals surface area (Å²) in [6, 6.07) is 3.40. The van der Waals surface area contributed by atoms with Crippen LogP contribution in [0, 0.1) is 3.57 Å². The second-order valence-electron chi connectivity index (χ2n) is 8.58. The lowest BCUT2D eigenvalue weighted by atomic mass is 10.0. The Labute approximate surface area is 242 Å². The maximum Gasteiger partial charge on any atom is 0.273 e. The van der Waals surface area contributed by atoms with Crippen molar-refractivity contribution in [2.75, 3.05) is 14.2 Å². The van der Waals surface area contributed by atoms with Crippen LogP contribution in [0.25, 0.3) is 0 Å². The molecule has 0 bridgehead atoms. The van der Waals surface area contributed by atoms with E-state index in [9.17, 15) is 9.59 Å². The summed E-state index contributed by atoms with van der Waals surface area (Å²) in [5, 5.41) is 2.47. The Morgan fingerprint density at radius 2 is 1.41 bits per heavy atom. The summed E-state index contributed by atoms with van der Waals surface area (Å²) < 4.78 is 0.992. The Morgan fingerprint density at radius 1 is 0.892 bits per heavy atom. The molecule has 2 heterocycles. The SMILES string of the molecule is CC1=C(C)CC(C(=O)c2cnccc2Cl)=C1.CON(C)C(=O)C1=CC(C)=C(C)C1.Clc1ccncc1I. The van der Waals surface area contributed by atoms with Crippen molar-refractivity contribution in [3.63, 3.8) is 0 Å². The fourth-order valence-corrected chi connectivity index (χ4v) is 4.00. The highest BCUT2D eigenvalue weighted by molar-refractivity contribution is 14.1. The van der Waals surface area contributed by atoms with Crippen LogP contribution in [-0.2, 0) is 9.63 Å². The van der Waals surface area contributed by atoms with Gasteiger partial charge < -0.3 is 0 Å². The number of pyridine rings is 2. The average molecular weight is 654 g/mol. The molecule has 37 heavy (non-hydrogen) atoms. The lowest BCUT2D eigenvalue weighted by Gasteiger charge is -2.13. The van der Waals surface area contributed by atoms with E-state index in [-0.39, 0.29) is 11.7 Å². The summed E-state index contributed by atoms with van der Waals surface area (Å²) in [6.07, 6.45) is 11.8. The second kappa shape index (κ2) is 14.6. The third-order valence-electron chi connectivity index (χ3n) is 5.90. The van der Waals surface area contributed by atoms with E-state index in [1.54, 1.807) is 37.8 Å². The zero-order valence-corrected chi connectivity index (χ0v) is 25.4. The van der Waals surface area contributed by atoms with Gasteiger partial charge in [0.2, 0.25) is 0 Å². The molecule has 0 aromatic carbocycles. The van der Waals surface area contributed by atoms with Gasteiger partial charge in [-0.3, -0.25) is 24.4 Å². The van der Waals surface area contributed by atoms with Crippen molar-refractivity contribution in [2.45, 2.75) is 40.5 Å². The summed E-state index contributed by atoms with van der Waals surface area (Å²) in [4.78, 5) is 36.3. The molecule has 196 valence electrons. The lowest BCUT2D eigenvalue weighted by molar-refractivity contribution is -0.164. The molecule has 2 aliphatic rings. The molecule has 9 heteroatoms. The summed E-state index contributed by atoms with van der Waals surface area (Å²) in [5.41, 5.74) is 6.94. The van der Waals surface area contributed by atoms with Gasteiger partial charge in [-0.25, -0.2) is 5.06 Å². The summed E-state index contributed by atoms with van der Waals surface area (Å²) in [7, 11) is 3.10. The molecule has 1 amide bonds. The van der Waals surface area contributed by atoms with E-state index in [4.69, 9.17) is 28.0 Å². The van der Waals surface area contributed by atoms with Crippen molar-refractivity contribution in [3.8, 4) is 0 Å². The van der Waals surface area contributed by atoms with Gasteiger partial charge in [-0.2, -0.15) is 0 Å². The number of ketones is 1. The molecule has 0 fully saturated rings. The first-order valence-electron chi connectivity index (χ1n) is 11.4. The third kappa shape index (κ3) is 8.88. The fraction of sp³-hybridized carbons (Fsp3) is 0.286. The quantitative estimate of drug-likeness (QED) is 0.193. The molecule has 0 atom stereocenters. The molecular weight excluding hydrogens is 624 g/mol. The van der Waals surface area contributed by atoms with Crippen LogP contribution in [-0.4, -0.2) is 40.9 Å². The van der Waals surface area contributed by atoms with Gasteiger partial charge in [0.05, 0.1) is 22.7 Å². The number of carbonyl (C=O) groups excluding carboxylic acids is 2. The van der Waals surface area contributed by atoms with Crippen LogP contribution in [0.3, 0.4) is 0 Å². The second-order valence-corrected chi connectivity index (χ2v) is 10.6. The number of carbonyl (C=O) groups is 2. The van der Waals surface area contributed by atoms with Crippen LogP contribution >= 0.6 is 45.8 Å². The smallest absolute Gasteiger partial charge is 0.273 e. The minimum absolute atomic E-state index is 0.0192. The van der Waals surface area contributed by atoms with Crippen molar-refractivity contribution in [2.24, 2.45) is 0 Å². The predicted octanol–water partition coefficient (Wildman–Crippen LogP) is 7.60. The number of rotatable bonds is 4. The lowest BCUT2D eigenvalue weighted by Crippen LogP contribution is -2.26. The van der Waals surface area contributed by atoms with Gasteiger partial charge in [0.15, 0.2) is 5.78 Å². The minimum Gasteiger partial charge on any atom is -0.289 e. The van der Waals surface area contributed by atoms with Crippen LogP contribution in [0.1, 0.15) is 50.9 Å². The van der Waals surface area contributed by atoms with Gasteiger partial charge in [-0.05, 0) is 75.3 Å². The molecule has 0 N–H and O–H groups in total. The minimum atomic E-state index is -0.0568. The summed E-state index contributed by atoms with van der Waals surface area (Å²) >= 11 is 13.8. The number of hydroxylamine groups is 2. The van der Waals surface area contributed by atoms with Gasteiger partial charge in [-0.15, -0.1) is 0 Å². The zero-order valence-electron chi connectivity index (χ0n) is 21.7. The van der Waals surface area contributed by atoms with Crippen molar-refractivity contribution in [3.05, 3.63) is 102 Å². The number of hydrogen-bond donors (Lipinski definition) is 0. The Kier molecular flexibility index (Phi) is 12.2. The molecule has 2 aromatic heterocycles. The molecule has 0 unspecified atom stereocenters. The van der Waals surface area contributed by atoms with E-state index in [2.05, 4.69) is 32.6 Å². The number of hydrogen-bond acceptors (Lipinski definition) is 5. The van der Waals surface area contributed by atoms with Crippen molar-refractivity contribution >= 4 is 57.5 Å². The monoisotopic (exact) mass is 653 g/mol. The first-order chi connectivity index (χ1) is 17.5. The van der Waals surface area contributed by atoms with Crippen LogP contribution < -0.4 is 0 Å². The molecule has 4 rings (SSSR count). The summed E-state index contributed by atoms with van der Waals surface area (Å²) in [5.74, 6) is -0.0759. The molecule has 2 aliphatic carbocycles. The number of likely N-dealkylation sites (N-methyl/N-ethyl adjacent to an activating group) is 1. The maximum absolute atomic E-state index is 12.1. The topological polar surface area (TPSA) is 72.4 Å². The Balaban J connectivity index is 0.000000206. The van der Waals surface area contributed by atoms with E-state index in [1.807, 2.05) is 39.8 Å². The fourth-order valence-electron chi connectivity index (χ4n) is 3.37. The highest BCUT2D eigenvalue weighted by Crippen LogP contribution is 2.29. The number of Topliss-reactive ketones (excluding diaryl/α,β-unsaturated/α-hetero) is 1. The first kappa shape index (κ1) is 30.9. The normalized spacial score (nSPS) is 14.3. The Hall–Kier alpha value is -2.33. The number of allylic oxidation sites excluding steroid dienone is 7. The molecule has 0 saturated carbocycles. The van der Waals surface area contributed by atoms with Crippen molar-refractivity contribution in [1.82, 2.24) is 15.0 Å². The Bertz CT molecular complexity index is 1280. The van der Waals surface area contributed by atoms with E-state index < -0.39 is 0 Å². The highest BCUT2D eigenvalue weighted by Gasteiger charge is 2.20. The average Bonchev–Trinajstić information content (AvgIpc) is 3.40. The van der Waals surface area contributed by atoms with E-state index in [1.165, 1.54) is 40.7 Å². The molecule has 0 spiro atoms. The molecule has 0 aliphatic heterocycles.